The topological polar surface area (TPSA) is 75.4 Å². The van der Waals surface area contributed by atoms with E-state index in [1.165, 1.54) is 0 Å². The van der Waals surface area contributed by atoms with Gasteiger partial charge in [-0.2, -0.15) is 0 Å². The zero-order chi connectivity index (χ0) is 13.0. The van der Waals surface area contributed by atoms with Gasteiger partial charge in [0.15, 0.2) is 0 Å². The number of nitrogens with one attached hydrogen (secondary N) is 1. The summed E-state index contributed by atoms with van der Waals surface area (Å²) in [5.41, 5.74) is 7.21. The monoisotopic (exact) mass is 247 g/mol. The van der Waals surface area contributed by atoms with E-state index < -0.39 is 0 Å². The number of likely N-dealkylation sites (tertiary alicyclic amines) is 1. The molecule has 0 unspecified atom stereocenters. The first-order valence-corrected chi connectivity index (χ1v) is 6.05. The van der Waals surface area contributed by atoms with Crippen molar-refractivity contribution in [1.29, 1.82) is 0 Å². The molecule has 0 spiro atoms. The van der Waals surface area contributed by atoms with Crippen molar-refractivity contribution in [1.82, 2.24) is 4.90 Å². The quantitative estimate of drug-likeness (QED) is 0.822. The fourth-order valence-electron chi connectivity index (χ4n) is 2.02. The van der Waals surface area contributed by atoms with Crippen molar-refractivity contribution in [2.24, 2.45) is 5.73 Å². The van der Waals surface area contributed by atoms with E-state index in [2.05, 4.69) is 5.32 Å². The Bertz CT molecular complexity index is 459. The number of nitrogens with two attached hydrogens (primary N) is 1. The lowest BCUT2D eigenvalue weighted by molar-refractivity contribution is -0.131. The smallest absolute Gasteiger partial charge is 0.243 e. The summed E-state index contributed by atoms with van der Waals surface area (Å²) >= 11 is 0. The summed E-state index contributed by atoms with van der Waals surface area (Å²) in [6, 6.07) is 7.39. The molecule has 1 aliphatic rings. The molecule has 18 heavy (non-hydrogen) atoms. The van der Waals surface area contributed by atoms with Crippen LogP contribution in [0.5, 0.6) is 0 Å². The molecule has 0 bridgehead atoms. The molecule has 1 aromatic rings. The van der Waals surface area contributed by atoms with Gasteiger partial charge in [0.05, 0.1) is 6.54 Å². The number of amides is 2. The van der Waals surface area contributed by atoms with Crippen LogP contribution in [0.3, 0.4) is 0 Å². The summed E-state index contributed by atoms with van der Waals surface area (Å²) < 4.78 is 0. The summed E-state index contributed by atoms with van der Waals surface area (Å²) in [7, 11) is 0. The van der Waals surface area contributed by atoms with Crippen molar-refractivity contribution < 1.29 is 9.59 Å². The van der Waals surface area contributed by atoms with Gasteiger partial charge in [-0.15, -0.1) is 0 Å². The van der Waals surface area contributed by atoms with Crippen molar-refractivity contribution in [3.05, 3.63) is 29.8 Å². The van der Waals surface area contributed by atoms with Gasteiger partial charge in [0.2, 0.25) is 11.8 Å². The van der Waals surface area contributed by atoms with Crippen molar-refractivity contribution in [3.63, 3.8) is 0 Å². The summed E-state index contributed by atoms with van der Waals surface area (Å²) in [5.74, 6) is -0.111. The average Bonchev–Trinajstić information content (AvgIpc) is 2.75. The number of rotatable bonds is 4. The van der Waals surface area contributed by atoms with E-state index in [0.29, 0.717) is 19.5 Å². The Morgan fingerprint density at radius 3 is 2.94 bits per heavy atom. The van der Waals surface area contributed by atoms with Gasteiger partial charge in [0, 0.05) is 25.2 Å². The molecule has 5 heteroatoms. The zero-order valence-corrected chi connectivity index (χ0v) is 10.2. The molecule has 5 nitrogen and oxygen atoms in total. The van der Waals surface area contributed by atoms with Crippen molar-refractivity contribution in [2.75, 3.05) is 18.4 Å². The minimum atomic E-state index is -0.167. The number of anilines is 1. The largest absolute Gasteiger partial charge is 0.333 e. The van der Waals surface area contributed by atoms with Crippen LogP contribution in [-0.2, 0) is 16.1 Å². The van der Waals surface area contributed by atoms with Gasteiger partial charge in [-0.3, -0.25) is 9.59 Å². The third-order valence-corrected chi connectivity index (χ3v) is 2.95. The van der Waals surface area contributed by atoms with Crippen LogP contribution in [0.4, 0.5) is 5.69 Å². The van der Waals surface area contributed by atoms with Crippen LogP contribution in [0.2, 0.25) is 0 Å². The van der Waals surface area contributed by atoms with E-state index in [0.717, 1.165) is 17.7 Å². The van der Waals surface area contributed by atoms with Gasteiger partial charge in [-0.1, -0.05) is 12.1 Å². The van der Waals surface area contributed by atoms with Crippen LogP contribution in [0.15, 0.2) is 24.3 Å². The lowest BCUT2D eigenvalue weighted by Crippen LogP contribution is -2.33. The molecule has 3 N–H and O–H groups in total. The molecule has 96 valence electrons. The maximum Gasteiger partial charge on any atom is 0.243 e. The van der Waals surface area contributed by atoms with Crippen LogP contribution in [0.1, 0.15) is 18.4 Å². The highest BCUT2D eigenvalue weighted by Gasteiger charge is 2.22. The second kappa shape index (κ2) is 5.64. The predicted molar refractivity (Wildman–Crippen MR) is 68.8 cm³/mol. The lowest BCUT2D eigenvalue weighted by Gasteiger charge is -2.15. The lowest BCUT2D eigenvalue weighted by atomic mass is 10.2. The SMILES string of the molecule is NCc1cccc(NC(=O)CN2CCCC2=O)c1. The molecule has 1 heterocycles. The first-order valence-electron chi connectivity index (χ1n) is 6.05. The average molecular weight is 247 g/mol. The molecule has 1 aromatic carbocycles. The predicted octanol–water partition coefficient (Wildman–Crippen LogP) is 0.706. The van der Waals surface area contributed by atoms with Crippen LogP contribution in [0, 0.1) is 0 Å². The molecule has 1 fully saturated rings. The third-order valence-electron chi connectivity index (χ3n) is 2.95. The molecule has 0 aromatic heterocycles. The number of carbonyl (C=O) groups excluding carboxylic acids is 2. The van der Waals surface area contributed by atoms with E-state index in [-0.39, 0.29) is 18.4 Å². The number of carbonyl (C=O) groups is 2. The van der Waals surface area contributed by atoms with E-state index in [1.54, 1.807) is 4.90 Å². The molecule has 0 saturated carbocycles. The van der Waals surface area contributed by atoms with Crippen molar-refractivity contribution >= 4 is 17.5 Å². The highest BCUT2D eigenvalue weighted by Crippen LogP contribution is 2.12. The Hall–Kier alpha value is -1.88. The molecule has 0 aliphatic carbocycles. The number of hydrogen-bond acceptors (Lipinski definition) is 3. The Kier molecular flexibility index (Phi) is 3.94. The maximum absolute atomic E-state index is 11.8. The van der Waals surface area contributed by atoms with E-state index in [9.17, 15) is 9.59 Å². The van der Waals surface area contributed by atoms with Gasteiger partial charge in [-0.25, -0.2) is 0 Å². The fraction of sp³-hybridized carbons (Fsp3) is 0.385. The summed E-state index contributed by atoms with van der Waals surface area (Å²) in [6.45, 7) is 1.25. The Labute approximate surface area is 106 Å². The summed E-state index contributed by atoms with van der Waals surface area (Å²) in [5, 5.41) is 2.78. The molecule has 0 radical (unpaired) electrons. The first-order chi connectivity index (χ1) is 8.69. The normalized spacial score (nSPS) is 14.9. The number of hydrogen-bond donors (Lipinski definition) is 2. The molecular formula is C13H17N3O2. The van der Waals surface area contributed by atoms with Gasteiger partial charge in [0.25, 0.3) is 0 Å². The Morgan fingerprint density at radius 2 is 2.28 bits per heavy atom. The van der Waals surface area contributed by atoms with Gasteiger partial charge >= 0.3 is 0 Å². The van der Waals surface area contributed by atoms with E-state index in [4.69, 9.17) is 5.73 Å². The minimum absolute atomic E-state index is 0.0564. The molecular weight excluding hydrogens is 230 g/mol. The summed E-state index contributed by atoms with van der Waals surface area (Å²) in [6.07, 6.45) is 1.39. The van der Waals surface area contributed by atoms with Crippen LogP contribution in [-0.4, -0.2) is 29.8 Å². The Balaban J connectivity index is 1.92. The van der Waals surface area contributed by atoms with Gasteiger partial charge < -0.3 is 16.0 Å². The molecule has 0 atom stereocenters. The van der Waals surface area contributed by atoms with Crippen LogP contribution < -0.4 is 11.1 Å². The first kappa shape index (κ1) is 12.6. The highest BCUT2D eigenvalue weighted by molar-refractivity contribution is 5.94. The maximum atomic E-state index is 11.8. The van der Waals surface area contributed by atoms with E-state index in [1.807, 2.05) is 24.3 Å². The number of nitrogens with zero attached hydrogens (tertiary/aromatic N) is 1. The standard InChI is InChI=1S/C13H17N3O2/c14-8-10-3-1-4-11(7-10)15-12(17)9-16-6-2-5-13(16)18/h1,3-4,7H,2,5-6,8-9,14H2,(H,15,17). The molecule has 2 rings (SSSR count). The van der Waals surface area contributed by atoms with Crippen LogP contribution in [0.25, 0.3) is 0 Å². The van der Waals surface area contributed by atoms with Gasteiger partial charge in [0.1, 0.15) is 0 Å². The Morgan fingerprint density at radius 1 is 1.44 bits per heavy atom. The minimum Gasteiger partial charge on any atom is -0.333 e. The second-order valence-corrected chi connectivity index (χ2v) is 4.37. The second-order valence-electron chi connectivity index (χ2n) is 4.37. The van der Waals surface area contributed by atoms with Crippen LogP contribution >= 0.6 is 0 Å². The summed E-state index contributed by atoms with van der Waals surface area (Å²) in [4.78, 5) is 24.8. The fourth-order valence-corrected chi connectivity index (χ4v) is 2.02. The highest BCUT2D eigenvalue weighted by atomic mass is 16.2. The van der Waals surface area contributed by atoms with E-state index >= 15 is 0 Å². The molecule has 1 aliphatic heterocycles. The zero-order valence-electron chi connectivity index (χ0n) is 10.2. The number of benzene rings is 1. The van der Waals surface area contributed by atoms with Gasteiger partial charge in [-0.05, 0) is 24.1 Å². The van der Waals surface area contributed by atoms with Crippen molar-refractivity contribution in [2.45, 2.75) is 19.4 Å². The third kappa shape index (κ3) is 3.07. The molecule has 1 saturated heterocycles. The van der Waals surface area contributed by atoms with Crippen molar-refractivity contribution in [3.8, 4) is 0 Å². The molecule has 2 amide bonds.